The van der Waals surface area contributed by atoms with E-state index in [2.05, 4.69) is 17.3 Å². The van der Waals surface area contributed by atoms with Crippen molar-refractivity contribution >= 4 is 0 Å². The van der Waals surface area contributed by atoms with E-state index in [1.807, 2.05) is 0 Å². The summed E-state index contributed by atoms with van der Waals surface area (Å²) < 4.78 is 0. The van der Waals surface area contributed by atoms with Gasteiger partial charge in [-0.2, -0.15) is 5.11 Å². The van der Waals surface area contributed by atoms with Crippen LogP contribution < -0.4 is 5.84 Å². The lowest BCUT2D eigenvalue weighted by Crippen LogP contribution is -1.80. The molecule has 0 heterocycles. The van der Waals surface area contributed by atoms with E-state index in [-0.39, 0.29) is 0 Å². The van der Waals surface area contributed by atoms with Gasteiger partial charge in [-0.1, -0.05) is 18.6 Å². The van der Waals surface area contributed by atoms with E-state index in [1.165, 1.54) is 0 Å². The molecule has 0 bridgehead atoms. The molecule has 2 N–H and O–H groups in total. The first-order chi connectivity index (χ1) is 3.41. The molecule has 0 radical (unpaired) electrons. The molecule has 0 aromatic rings. The molecule has 0 unspecified atom stereocenters. The molecular formula is C4H11N3. The fraction of sp³-hybridized carbons (Fsp3) is 1.00. The van der Waals surface area contributed by atoms with E-state index in [1.54, 1.807) is 0 Å². The van der Waals surface area contributed by atoms with Gasteiger partial charge in [0.1, 0.15) is 0 Å². The first-order valence-electron chi connectivity index (χ1n) is 2.48. The lowest BCUT2D eigenvalue weighted by Gasteiger charge is -1.82. The number of hydrogen-bond donors (Lipinski definition) is 1. The summed E-state index contributed by atoms with van der Waals surface area (Å²) in [6, 6.07) is 0. The van der Waals surface area contributed by atoms with Gasteiger partial charge in [-0.25, -0.2) is 0 Å². The van der Waals surface area contributed by atoms with Crippen LogP contribution in [0.3, 0.4) is 0 Å². The van der Waals surface area contributed by atoms with Crippen molar-refractivity contribution in [2.45, 2.75) is 19.8 Å². The fourth-order valence-electron chi connectivity index (χ4n) is 0.287. The monoisotopic (exact) mass is 101 g/mol. The molecule has 0 spiro atoms. The van der Waals surface area contributed by atoms with Crippen LogP contribution in [0.1, 0.15) is 19.8 Å². The second-order valence-corrected chi connectivity index (χ2v) is 1.33. The first-order valence-corrected chi connectivity index (χ1v) is 2.48. The highest BCUT2D eigenvalue weighted by Crippen LogP contribution is 1.84. The molecule has 0 aromatic heterocycles. The van der Waals surface area contributed by atoms with E-state index in [0.717, 1.165) is 19.4 Å². The van der Waals surface area contributed by atoms with E-state index >= 15 is 0 Å². The molecule has 0 aliphatic heterocycles. The van der Waals surface area contributed by atoms with Crippen molar-refractivity contribution < 1.29 is 0 Å². The van der Waals surface area contributed by atoms with Gasteiger partial charge < -0.3 is 5.84 Å². The standard InChI is InChI=1S/C4H11N3/c1-2-3-4-6-7-5/h2-4H2,1H3,(H2,5,6). The third kappa shape index (κ3) is 5.40. The van der Waals surface area contributed by atoms with Crippen LogP contribution in [0, 0.1) is 0 Å². The zero-order chi connectivity index (χ0) is 5.54. The topological polar surface area (TPSA) is 50.7 Å². The zero-order valence-electron chi connectivity index (χ0n) is 4.59. The minimum Gasteiger partial charge on any atom is -0.305 e. The molecule has 42 valence electrons. The van der Waals surface area contributed by atoms with Crippen LogP contribution >= 0.6 is 0 Å². The largest absolute Gasteiger partial charge is 0.305 e. The van der Waals surface area contributed by atoms with E-state index < -0.39 is 0 Å². The van der Waals surface area contributed by atoms with Crippen molar-refractivity contribution in [3.8, 4) is 0 Å². The maximum absolute atomic E-state index is 4.73. The van der Waals surface area contributed by atoms with Gasteiger partial charge in [0.2, 0.25) is 0 Å². The average Bonchev–Trinajstić information content (AvgIpc) is 1.69. The van der Waals surface area contributed by atoms with Gasteiger partial charge in [-0.15, -0.1) is 0 Å². The molecular weight excluding hydrogens is 90.1 g/mol. The van der Waals surface area contributed by atoms with Gasteiger partial charge >= 0.3 is 0 Å². The quantitative estimate of drug-likeness (QED) is 0.246. The highest BCUT2D eigenvalue weighted by Gasteiger charge is 1.75. The van der Waals surface area contributed by atoms with Gasteiger partial charge in [-0.3, -0.25) is 0 Å². The van der Waals surface area contributed by atoms with Crippen LogP contribution in [0.5, 0.6) is 0 Å². The van der Waals surface area contributed by atoms with Gasteiger partial charge in [0.05, 0.1) is 6.54 Å². The summed E-state index contributed by atoms with van der Waals surface area (Å²) in [5.41, 5.74) is 0. The summed E-state index contributed by atoms with van der Waals surface area (Å²) >= 11 is 0. The zero-order valence-corrected chi connectivity index (χ0v) is 4.59. The number of unbranched alkanes of at least 4 members (excludes halogenated alkanes) is 1. The molecule has 0 aromatic carbocycles. The van der Waals surface area contributed by atoms with Crippen molar-refractivity contribution in [1.82, 2.24) is 0 Å². The summed E-state index contributed by atoms with van der Waals surface area (Å²) in [4.78, 5) is 0. The molecule has 0 rings (SSSR count). The Labute approximate surface area is 43.6 Å². The van der Waals surface area contributed by atoms with Crippen LogP contribution in [-0.2, 0) is 0 Å². The Balaban J connectivity index is 2.69. The Kier molecular flexibility index (Phi) is 4.94. The Bertz CT molecular complexity index is 50.9. The molecule has 0 amide bonds. The van der Waals surface area contributed by atoms with Crippen LogP contribution in [0.15, 0.2) is 10.3 Å². The second-order valence-electron chi connectivity index (χ2n) is 1.33. The fourth-order valence-corrected chi connectivity index (χ4v) is 0.287. The van der Waals surface area contributed by atoms with Gasteiger partial charge in [-0.05, 0) is 6.42 Å². The average molecular weight is 101 g/mol. The number of nitrogens with zero attached hydrogens (tertiary/aromatic N) is 2. The van der Waals surface area contributed by atoms with Crippen molar-refractivity contribution in [2.75, 3.05) is 6.54 Å². The minimum atomic E-state index is 0.771. The van der Waals surface area contributed by atoms with Crippen molar-refractivity contribution in [2.24, 2.45) is 16.2 Å². The molecule has 0 fully saturated rings. The predicted molar refractivity (Wildman–Crippen MR) is 28.8 cm³/mol. The molecule has 7 heavy (non-hydrogen) atoms. The molecule has 0 saturated carbocycles. The van der Waals surface area contributed by atoms with Gasteiger partial charge in [0.15, 0.2) is 0 Å². The van der Waals surface area contributed by atoms with Crippen LogP contribution in [-0.4, -0.2) is 6.54 Å². The Morgan fingerprint density at radius 2 is 2.29 bits per heavy atom. The highest BCUT2D eigenvalue weighted by molar-refractivity contribution is 4.34. The minimum absolute atomic E-state index is 0.771. The highest BCUT2D eigenvalue weighted by atomic mass is 15.3. The summed E-state index contributed by atoms with van der Waals surface area (Å²) in [6.07, 6.45) is 2.24. The van der Waals surface area contributed by atoms with Gasteiger partial charge in [0, 0.05) is 0 Å². The second kappa shape index (κ2) is 5.40. The van der Waals surface area contributed by atoms with E-state index in [4.69, 9.17) is 5.84 Å². The smallest absolute Gasteiger partial charge is 0.0620 e. The van der Waals surface area contributed by atoms with Crippen LogP contribution in [0.2, 0.25) is 0 Å². The van der Waals surface area contributed by atoms with Crippen molar-refractivity contribution in [1.29, 1.82) is 0 Å². The lowest BCUT2D eigenvalue weighted by atomic mass is 10.3. The van der Waals surface area contributed by atoms with Crippen molar-refractivity contribution in [3.05, 3.63) is 0 Å². The maximum atomic E-state index is 4.73. The summed E-state index contributed by atoms with van der Waals surface area (Å²) in [7, 11) is 0. The number of hydrogen-bond acceptors (Lipinski definition) is 2. The third-order valence-electron chi connectivity index (χ3n) is 0.693. The number of nitrogens with two attached hydrogens (primary N) is 1. The third-order valence-corrected chi connectivity index (χ3v) is 0.693. The van der Waals surface area contributed by atoms with Crippen LogP contribution in [0.4, 0.5) is 0 Å². The Morgan fingerprint density at radius 3 is 2.71 bits per heavy atom. The SMILES string of the molecule is CCCCN=NN. The predicted octanol–water partition coefficient (Wildman–Crippen LogP) is 1.11. The van der Waals surface area contributed by atoms with Gasteiger partial charge in [0.25, 0.3) is 0 Å². The summed E-state index contributed by atoms with van der Waals surface area (Å²) in [5, 5.41) is 6.66. The molecule has 0 aliphatic rings. The normalized spacial score (nSPS) is 10.4. The summed E-state index contributed by atoms with van der Waals surface area (Å²) in [6.45, 7) is 2.87. The number of rotatable bonds is 3. The van der Waals surface area contributed by atoms with Crippen LogP contribution in [0.25, 0.3) is 0 Å². The molecule has 0 aliphatic carbocycles. The lowest BCUT2D eigenvalue weighted by molar-refractivity contribution is 0.763. The molecule has 3 heteroatoms. The maximum Gasteiger partial charge on any atom is 0.0620 e. The molecule has 0 atom stereocenters. The Morgan fingerprint density at radius 1 is 1.57 bits per heavy atom. The molecule has 0 saturated heterocycles. The van der Waals surface area contributed by atoms with E-state index in [9.17, 15) is 0 Å². The first kappa shape index (κ1) is 6.40. The Hall–Kier alpha value is -0.600. The summed E-state index contributed by atoms with van der Waals surface area (Å²) in [5.74, 6) is 4.73. The molecule has 3 nitrogen and oxygen atoms in total. The van der Waals surface area contributed by atoms with E-state index in [0.29, 0.717) is 0 Å². The van der Waals surface area contributed by atoms with Crippen molar-refractivity contribution in [3.63, 3.8) is 0 Å².